The van der Waals surface area contributed by atoms with Gasteiger partial charge in [0.15, 0.2) is 0 Å². The van der Waals surface area contributed by atoms with Crippen LogP contribution >= 0.6 is 0 Å². The summed E-state index contributed by atoms with van der Waals surface area (Å²) in [5.74, 6) is 0.232. The highest BCUT2D eigenvalue weighted by atomic mass is 16.5. The fourth-order valence-corrected chi connectivity index (χ4v) is 2.75. The molecule has 0 saturated heterocycles. The van der Waals surface area contributed by atoms with E-state index in [0.717, 1.165) is 24.1 Å². The number of carbonyl (C=O) groups excluding carboxylic acids is 2. The average molecular weight is 373 g/mol. The first-order valence-corrected chi connectivity index (χ1v) is 9.05. The molecule has 27 heavy (non-hydrogen) atoms. The van der Waals surface area contributed by atoms with E-state index in [4.69, 9.17) is 9.53 Å². The molecule has 1 saturated carbocycles. The highest BCUT2D eigenvalue weighted by molar-refractivity contribution is 5.72. The Morgan fingerprint density at radius 1 is 1.22 bits per heavy atom. The molecule has 1 heterocycles. The van der Waals surface area contributed by atoms with Crippen molar-refractivity contribution in [1.82, 2.24) is 9.97 Å². The first-order chi connectivity index (χ1) is 13.1. The molecule has 1 fully saturated rings. The van der Waals surface area contributed by atoms with Gasteiger partial charge in [-0.15, -0.1) is 0 Å². The topological polar surface area (TPSA) is 115 Å². The molecule has 0 spiro atoms. The number of hydrogen-bond acceptors (Lipinski definition) is 5. The molecular weight excluding hydrogens is 346 g/mol. The van der Waals surface area contributed by atoms with Crippen LogP contribution in [0, 0.1) is 5.92 Å². The maximum atomic E-state index is 11.2. The van der Waals surface area contributed by atoms with Gasteiger partial charge in [0.1, 0.15) is 0 Å². The van der Waals surface area contributed by atoms with Gasteiger partial charge in [-0.3, -0.25) is 9.59 Å². The van der Waals surface area contributed by atoms with Crippen molar-refractivity contribution in [2.45, 2.75) is 39.0 Å². The maximum absolute atomic E-state index is 11.2. The molecular formula is C20H27N3O4. The second kappa shape index (κ2) is 13.3. The molecule has 146 valence electrons. The van der Waals surface area contributed by atoms with Gasteiger partial charge in [0.2, 0.25) is 6.41 Å². The predicted octanol–water partition coefficient (Wildman–Crippen LogP) is 2.67. The van der Waals surface area contributed by atoms with Gasteiger partial charge < -0.3 is 15.5 Å². The monoisotopic (exact) mass is 373 g/mol. The van der Waals surface area contributed by atoms with Crippen molar-refractivity contribution in [3.05, 3.63) is 53.1 Å². The zero-order valence-electron chi connectivity index (χ0n) is 15.6. The van der Waals surface area contributed by atoms with E-state index < -0.39 is 0 Å². The molecule has 3 N–H and O–H groups in total. The summed E-state index contributed by atoms with van der Waals surface area (Å²) in [5.41, 5.74) is 5.63. The molecule has 0 aliphatic heterocycles. The minimum atomic E-state index is -0.318. The summed E-state index contributed by atoms with van der Waals surface area (Å²) in [4.78, 5) is 36.9. The molecule has 3 rings (SSSR count). The summed E-state index contributed by atoms with van der Waals surface area (Å²) >= 11 is 0. The Hall–Kier alpha value is -2.96. The van der Waals surface area contributed by atoms with Crippen molar-refractivity contribution in [2.24, 2.45) is 11.7 Å². The lowest BCUT2D eigenvalue weighted by Gasteiger charge is -2.19. The van der Waals surface area contributed by atoms with Crippen molar-refractivity contribution < 1.29 is 14.3 Å². The number of hydrogen-bond donors (Lipinski definition) is 2. The summed E-state index contributed by atoms with van der Waals surface area (Å²) < 4.78 is 4.94. The molecule has 2 aromatic rings. The van der Waals surface area contributed by atoms with E-state index >= 15 is 0 Å². The number of rotatable bonds is 3. The number of nitrogens with zero attached hydrogens (tertiary/aromatic N) is 1. The number of primary amides is 1. The minimum absolute atomic E-state index is 0.0206. The first-order valence-electron chi connectivity index (χ1n) is 9.05. The zero-order valence-corrected chi connectivity index (χ0v) is 15.6. The highest BCUT2D eigenvalue weighted by Gasteiger charge is 2.21. The van der Waals surface area contributed by atoms with Gasteiger partial charge in [0.05, 0.1) is 18.2 Å². The number of carbonyl (C=O) groups is 2. The van der Waals surface area contributed by atoms with Crippen LogP contribution in [0.15, 0.2) is 47.4 Å². The van der Waals surface area contributed by atoms with Gasteiger partial charge in [0.25, 0.3) is 0 Å². The zero-order chi connectivity index (χ0) is 19.9. The summed E-state index contributed by atoms with van der Waals surface area (Å²) in [6.07, 6.45) is 7.52. The largest absolute Gasteiger partial charge is 0.466 e. The van der Waals surface area contributed by atoms with Crippen LogP contribution < -0.4 is 11.4 Å². The Balaban J connectivity index is 0.000000239. The third-order valence-electron chi connectivity index (χ3n) is 3.98. The summed E-state index contributed by atoms with van der Waals surface area (Å²) in [6, 6.07) is 11.4. The van der Waals surface area contributed by atoms with Crippen molar-refractivity contribution in [2.75, 3.05) is 6.61 Å². The van der Waals surface area contributed by atoms with Crippen LogP contribution in [0.25, 0.3) is 11.3 Å². The quantitative estimate of drug-likeness (QED) is 0.634. The molecule has 1 aliphatic rings. The molecule has 1 amide bonds. The van der Waals surface area contributed by atoms with E-state index in [-0.39, 0.29) is 24.0 Å². The molecule has 7 heteroatoms. The van der Waals surface area contributed by atoms with Crippen molar-refractivity contribution in [1.29, 1.82) is 0 Å². The lowest BCUT2D eigenvalue weighted by molar-refractivity contribution is -0.149. The summed E-state index contributed by atoms with van der Waals surface area (Å²) in [6.45, 7) is 2.38. The third kappa shape index (κ3) is 8.80. The Labute approximate surface area is 159 Å². The molecule has 0 bridgehead atoms. The summed E-state index contributed by atoms with van der Waals surface area (Å²) in [5, 5.41) is 0. The van der Waals surface area contributed by atoms with Crippen molar-refractivity contribution in [3.63, 3.8) is 0 Å². The smallest absolute Gasteiger partial charge is 0.345 e. The second-order valence-electron chi connectivity index (χ2n) is 5.88. The number of amides is 1. The minimum Gasteiger partial charge on any atom is -0.466 e. The number of aromatic nitrogens is 2. The van der Waals surface area contributed by atoms with Gasteiger partial charge in [-0.2, -0.15) is 0 Å². The Bertz CT molecular complexity index is 725. The van der Waals surface area contributed by atoms with E-state index in [1.807, 2.05) is 37.3 Å². The number of benzene rings is 1. The number of aromatic amines is 1. The molecule has 0 atom stereocenters. The van der Waals surface area contributed by atoms with Crippen LogP contribution in [0.3, 0.4) is 0 Å². The number of ether oxygens (including phenoxy) is 1. The predicted molar refractivity (Wildman–Crippen MR) is 104 cm³/mol. The number of nitrogens with two attached hydrogens (primary N) is 1. The van der Waals surface area contributed by atoms with E-state index in [2.05, 4.69) is 15.7 Å². The molecule has 7 nitrogen and oxygen atoms in total. The van der Waals surface area contributed by atoms with Gasteiger partial charge in [-0.1, -0.05) is 49.6 Å². The standard InChI is InChI=1S/C10H8N2O.C9H16O2.CH3NO/c13-10-11-7-6-9(12-10)8-4-2-1-3-5-8;1-2-11-9(10)8-6-4-3-5-7-8;2-1-3/h1-7H,(H,11,12,13);8H,2-7H2,1H3;1H,(H2,2,3). The molecule has 1 aromatic heterocycles. The SMILES string of the molecule is CCOC(=O)C1CCCCC1.NC=O.O=c1nccc(-c2ccccc2)[nH]1. The van der Waals surface area contributed by atoms with Gasteiger partial charge in [-0.25, -0.2) is 9.78 Å². The molecule has 0 radical (unpaired) electrons. The fourth-order valence-electron chi connectivity index (χ4n) is 2.75. The van der Waals surface area contributed by atoms with E-state index in [0.29, 0.717) is 6.61 Å². The van der Waals surface area contributed by atoms with Crippen LogP contribution in [-0.2, 0) is 14.3 Å². The molecule has 1 aliphatic carbocycles. The average Bonchev–Trinajstić information content (AvgIpc) is 2.71. The number of nitrogens with one attached hydrogen (secondary N) is 1. The fraction of sp³-hybridized carbons (Fsp3) is 0.400. The molecule has 0 unspecified atom stereocenters. The number of H-pyrrole nitrogens is 1. The summed E-state index contributed by atoms with van der Waals surface area (Å²) in [7, 11) is 0. The van der Waals surface area contributed by atoms with E-state index in [9.17, 15) is 9.59 Å². The van der Waals surface area contributed by atoms with Crippen molar-refractivity contribution in [3.8, 4) is 11.3 Å². The van der Waals surface area contributed by atoms with Crippen molar-refractivity contribution >= 4 is 12.4 Å². The van der Waals surface area contributed by atoms with E-state index in [1.54, 1.807) is 6.07 Å². The Morgan fingerprint density at radius 3 is 2.41 bits per heavy atom. The van der Waals surface area contributed by atoms with Crippen LogP contribution in [-0.4, -0.2) is 29.0 Å². The lowest BCUT2D eigenvalue weighted by Crippen LogP contribution is -2.20. The van der Waals surface area contributed by atoms with E-state index in [1.165, 1.54) is 25.5 Å². The second-order valence-corrected chi connectivity index (χ2v) is 5.88. The number of esters is 1. The third-order valence-corrected chi connectivity index (χ3v) is 3.98. The Kier molecular flexibility index (Phi) is 10.9. The van der Waals surface area contributed by atoms with Gasteiger partial charge in [-0.05, 0) is 31.4 Å². The van der Waals surface area contributed by atoms with Crippen LogP contribution in [0.4, 0.5) is 0 Å². The van der Waals surface area contributed by atoms with Gasteiger partial charge >= 0.3 is 11.7 Å². The highest BCUT2D eigenvalue weighted by Crippen LogP contribution is 2.24. The first kappa shape index (κ1) is 22.1. The maximum Gasteiger partial charge on any atom is 0.345 e. The lowest BCUT2D eigenvalue weighted by atomic mass is 9.89. The molecule has 1 aromatic carbocycles. The van der Waals surface area contributed by atoms with Gasteiger partial charge in [0, 0.05) is 6.20 Å². The van der Waals surface area contributed by atoms with Crippen LogP contribution in [0.2, 0.25) is 0 Å². The normalized spacial score (nSPS) is 13.2. The van der Waals surface area contributed by atoms with Crippen LogP contribution in [0.5, 0.6) is 0 Å². The Morgan fingerprint density at radius 2 is 1.85 bits per heavy atom. The van der Waals surface area contributed by atoms with Crippen LogP contribution in [0.1, 0.15) is 39.0 Å².